The second-order valence-corrected chi connectivity index (χ2v) is 7.60. The Bertz CT molecular complexity index is 1300. The molecule has 0 atom stereocenters. The van der Waals surface area contributed by atoms with E-state index in [-0.39, 0.29) is 12.3 Å². The van der Waals surface area contributed by atoms with E-state index in [2.05, 4.69) is 10.3 Å². The summed E-state index contributed by atoms with van der Waals surface area (Å²) in [5.74, 6) is 0.675. The van der Waals surface area contributed by atoms with Crippen LogP contribution in [-0.4, -0.2) is 35.7 Å². The third-order valence-corrected chi connectivity index (χ3v) is 5.22. The smallest absolute Gasteiger partial charge is 0.358 e. The first-order valence-corrected chi connectivity index (χ1v) is 10.8. The second-order valence-electron chi connectivity index (χ2n) is 7.60. The van der Waals surface area contributed by atoms with Crippen LogP contribution in [0.15, 0.2) is 88.5 Å². The molecule has 0 saturated carbocycles. The fourth-order valence-electron chi connectivity index (χ4n) is 3.48. The lowest BCUT2D eigenvalue weighted by atomic mass is 10.0. The van der Waals surface area contributed by atoms with Crippen LogP contribution in [0, 0.1) is 6.92 Å². The summed E-state index contributed by atoms with van der Waals surface area (Å²) in [6.45, 7) is 2.32. The van der Waals surface area contributed by atoms with E-state index in [9.17, 15) is 9.90 Å². The Morgan fingerprint density at radius 2 is 1.60 bits per heavy atom. The Balaban J connectivity index is 1.34. The zero-order chi connectivity index (χ0) is 24.6. The van der Waals surface area contributed by atoms with Crippen molar-refractivity contribution in [1.29, 1.82) is 0 Å². The summed E-state index contributed by atoms with van der Waals surface area (Å²) >= 11 is 0. The van der Waals surface area contributed by atoms with Crippen molar-refractivity contribution in [3.63, 3.8) is 0 Å². The van der Waals surface area contributed by atoms with Gasteiger partial charge in [-0.05, 0) is 42.3 Å². The van der Waals surface area contributed by atoms with Crippen LogP contribution in [0.5, 0.6) is 11.5 Å². The molecule has 0 aliphatic carbocycles. The second kappa shape index (κ2) is 11.0. The summed E-state index contributed by atoms with van der Waals surface area (Å²) in [4.78, 5) is 16.3. The molecule has 8 nitrogen and oxygen atoms in total. The lowest BCUT2D eigenvalue weighted by Crippen LogP contribution is -2.13. The number of rotatable bonds is 10. The third kappa shape index (κ3) is 5.86. The third-order valence-electron chi connectivity index (χ3n) is 5.22. The van der Waals surface area contributed by atoms with Gasteiger partial charge in [-0.3, -0.25) is 0 Å². The van der Waals surface area contributed by atoms with E-state index < -0.39 is 5.97 Å². The minimum atomic E-state index is -1.13. The fraction of sp³-hybridized carbons (Fsp3) is 0.148. The van der Waals surface area contributed by atoms with Crippen LogP contribution < -0.4 is 9.47 Å². The van der Waals surface area contributed by atoms with Crippen LogP contribution in [-0.2, 0) is 11.4 Å². The maximum Gasteiger partial charge on any atom is 0.358 e. The molecule has 35 heavy (non-hydrogen) atoms. The van der Waals surface area contributed by atoms with Gasteiger partial charge >= 0.3 is 5.97 Å². The number of carbonyl (C=O) groups is 1. The predicted molar refractivity (Wildman–Crippen MR) is 130 cm³/mol. The highest BCUT2D eigenvalue weighted by atomic mass is 16.6. The summed E-state index contributed by atoms with van der Waals surface area (Å²) in [5.41, 5.74) is 3.65. The number of ether oxygens (including phenoxy) is 2. The molecular weight excluding hydrogens is 448 g/mol. The number of aryl methyl sites for hydroxylation is 1. The van der Waals surface area contributed by atoms with Gasteiger partial charge in [0.2, 0.25) is 0 Å². The molecule has 178 valence electrons. The zero-order valence-electron chi connectivity index (χ0n) is 19.3. The summed E-state index contributed by atoms with van der Waals surface area (Å²) in [6, 6.07) is 24.5. The molecule has 4 rings (SSSR count). The monoisotopic (exact) mass is 472 g/mol. The minimum absolute atomic E-state index is 0.108. The van der Waals surface area contributed by atoms with E-state index in [1.807, 2.05) is 54.6 Å². The number of aromatic nitrogens is 1. The summed E-state index contributed by atoms with van der Waals surface area (Å²) in [5, 5.41) is 17.0. The van der Waals surface area contributed by atoms with Crippen molar-refractivity contribution >= 4 is 11.7 Å². The van der Waals surface area contributed by atoms with Gasteiger partial charge in [0.05, 0.1) is 5.56 Å². The maximum atomic E-state index is 11.4. The van der Waals surface area contributed by atoms with Gasteiger partial charge < -0.3 is 23.9 Å². The average molecular weight is 472 g/mol. The average Bonchev–Trinajstić information content (AvgIpc) is 3.28. The number of benzene rings is 3. The van der Waals surface area contributed by atoms with Crippen LogP contribution in [0.3, 0.4) is 0 Å². The number of hydrogen-bond donors (Lipinski definition) is 1. The summed E-state index contributed by atoms with van der Waals surface area (Å²) in [6.07, 6.45) is 0. The lowest BCUT2D eigenvalue weighted by molar-refractivity contribution is 0.0686. The highest BCUT2D eigenvalue weighted by Gasteiger charge is 2.20. The molecule has 0 saturated heterocycles. The zero-order valence-corrected chi connectivity index (χ0v) is 19.3. The first-order valence-electron chi connectivity index (χ1n) is 10.8. The first kappa shape index (κ1) is 23.6. The molecule has 0 amide bonds. The van der Waals surface area contributed by atoms with Crippen LogP contribution in [0.4, 0.5) is 0 Å². The standard InChI is InChI=1S/C27H24N2O6/c1-18-25(26(27(30)31)29-35-18)21-10-14-23(15-11-21)33-16-19-8-12-22(13-9-19)34-17-24(28-32-2)20-6-4-3-5-7-20/h3-15H,16-17H2,1-2H3,(H,30,31). The van der Waals surface area contributed by atoms with Crippen LogP contribution >= 0.6 is 0 Å². The molecule has 4 aromatic rings. The van der Waals surface area contributed by atoms with E-state index in [1.54, 1.807) is 31.2 Å². The first-order chi connectivity index (χ1) is 17.0. The molecule has 0 radical (unpaired) electrons. The number of hydrogen-bond acceptors (Lipinski definition) is 7. The van der Waals surface area contributed by atoms with Gasteiger partial charge in [-0.1, -0.05) is 64.9 Å². The topological polar surface area (TPSA) is 103 Å². The summed E-state index contributed by atoms with van der Waals surface area (Å²) in [7, 11) is 1.51. The normalized spacial score (nSPS) is 11.2. The number of carboxylic acid groups (broad SMARTS) is 1. The Hall–Kier alpha value is -4.59. The van der Waals surface area contributed by atoms with E-state index in [0.717, 1.165) is 11.1 Å². The van der Waals surface area contributed by atoms with Crippen LogP contribution in [0.1, 0.15) is 27.4 Å². The largest absolute Gasteiger partial charge is 0.489 e. The van der Waals surface area contributed by atoms with E-state index in [0.29, 0.717) is 40.7 Å². The van der Waals surface area contributed by atoms with Crippen molar-refractivity contribution in [3.8, 4) is 22.6 Å². The van der Waals surface area contributed by atoms with Crippen LogP contribution in [0.25, 0.3) is 11.1 Å². The lowest BCUT2D eigenvalue weighted by Gasteiger charge is -2.10. The predicted octanol–water partition coefficient (Wildman–Crippen LogP) is 5.36. The van der Waals surface area contributed by atoms with Gasteiger partial charge in [0.15, 0.2) is 5.69 Å². The van der Waals surface area contributed by atoms with Crippen molar-refractivity contribution in [3.05, 3.63) is 101 Å². The molecule has 0 fully saturated rings. The SMILES string of the molecule is CON=C(COc1ccc(COc2ccc(-c3c(C(=O)O)noc3C)cc2)cc1)c1ccccc1. The molecule has 8 heteroatoms. The van der Waals surface area contributed by atoms with E-state index in [1.165, 1.54) is 7.11 Å². The number of aromatic carboxylic acids is 1. The van der Waals surface area contributed by atoms with Crippen LogP contribution in [0.2, 0.25) is 0 Å². The molecule has 1 N–H and O–H groups in total. The highest BCUT2D eigenvalue weighted by Crippen LogP contribution is 2.29. The van der Waals surface area contributed by atoms with Gasteiger partial charge in [-0.2, -0.15) is 0 Å². The Labute approximate surface area is 202 Å². The van der Waals surface area contributed by atoms with E-state index >= 15 is 0 Å². The van der Waals surface area contributed by atoms with Crippen molar-refractivity contribution in [2.75, 3.05) is 13.7 Å². The molecule has 0 unspecified atom stereocenters. The molecule has 0 aliphatic rings. The van der Waals surface area contributed by atoms with Gasteiger partial charge in [-0.15, -0.1) is 0 Å². The number of carboxylic acids is 1. The Morgan fingerprint density at radius 1 is 0.943 bits per heavy atom. The fourth-order valence-corrected chi connectivity index (χ4v) is 3.48. The molecule has 0 bridgehead atoms. The van der Waals surface area contributed by atoms with Gasteiger partial charge in [0, 0.05) is 5.56 Å². The van der Waals surface area contributed by atoms with Crippen molar-refractivity contribution in [2.24, 2.45) is 5.16 Å². The molecule has 0 aliphatic heterocycles. The molecule has 1 aromatic heterocycles. The summed E-state index contributed by atoms with van der Waals surface area (Å²) < 4.78 is 16.8. The Kier molecular flexibility index (Phi) is 7.42. The highest BCUT2D eigenvalue weighted by molar-refractivity contribution is 6.01. The van der Waals surface area contributed by atoms with Gasteiger partial charge in [0.25, 0.3) is 0 Å². The maximum absolute atomic E-state index is 11.4. The van der Waals surface area contributed by atoms with Crippen molar-refractivity contribution < 1.29 is 28.7 Å². The van der Waals surface area contributed by atoms with Crippen molar-refractivity contribution in [1.82, 2.24) is 5.16 Å². The minimum Gasteiger partial charge on any atom is -0.489 e. The molecule has 0 spiro atoms. The molecule has 1 heterocycles. The van der Waals surface area contributed by atoms with Gasteiger partial charge in [0.1, 0.15) is 43.3 Å². The van der Waals surface area contributed by atoms with Crippen molar-refractivity contribution in [2.45, 2.75) is 13.5 Å². The number of nitrogens with zero attached hydrogens (tertiary/aromatic N) is 2. The number of oxime groups is 1. The van der Waals surface area contributed by atoms with Gasteiger partial charge in [-0.25, -0.2) is 4.79 Å². The molecule has 3 aromatic carbocycles. The molecular formula is C27H24N2O6. The Morgan fingerprint density at radius 3 is 2.26 bits per heavy atom. The quantitative estimate of drug-likeness (QED) is 0.245. The van der Waals surface area contributed by atoms with E-state index in [4.69, 9.17) is 18.8 Å².